The molecule has 0 spiro atoms. The van der Waals surface area contributed by atoms with Crippen LogP contribution in [0.2, 0.25) is 0 Å². The molecule has 7 nitrogen and oxygen atoms in total. The smallest absolute Gasteiger partial charge is 0.243 e. The summed E-state index contributed by atoms with van der Waals surface area (Å²) in [6.07, 6.45) is 1.79. The predicted octanol–water partition coefficient (Wildman–Crippen LogP) is 2.06. The predicted molar refractivity (Wildman–Crippen MR) is 110 cm³/mol. The minimum atomic E-state index is -0.0273. The van der Waals surface area contributed by atoms with Crippen LogP contribution in [-0.2, 0) is 11.2 Å². The number of hydrogen-bond acceptors (Lipinski definition) is 4. The van der Waals surface area contributed by atoms with Crippen molar-refractivity contribution < 1.29 is 14.3 Å². The number of carbonyl (C=O) groups is 1. The van der Waals surface area contributed by atoms with E-state index >= 15 is 0 Å². The number of carbonyl (C=O) groups excluding carboxylic acids is 1. The lowest BCUT2D eigenvalue weighted by atomic mass is 10.1. The molecule has 1 amide bonds. The molecule has 0 aliphatic carbocycles. The van der Waals surface area contributed by atoms with Crippen LogP contribution in [0.3, 0.4) is 0 Å². The van der Waals surface area contributed by atoms with E-state index in [1.807, 2.05) is 32.0 Å². The van der Waals surface area contributed by atoms with Gasteiger partial charge < -0.3 is 25.0 Å². The van der Waals surface area contributed by atoms with Crippen LogP contribution in [0.5, 0.6) is 11.5 Å². The van der Waals surface area contributed by atoms with Gasteiger partial charge in [0.05, 0.1) is 13.2 Å². The largest absolute Gasteiger partial charge is 0.490 e. The second-order valence-electron chi connectivity index (χ2n) is 6.20. The molecular formula is C20H34N4O3. The van der Waals surface area contributed by atoms with Crippen LogP contribution in [0.25, 0.3) is 0 Å². The number of rotatable bonds is 11. The topological polar surface area (TPSA) is 75.2 Å². The third-order valence-electron chi connectivity index (χ3n) is 3.73. The first kappa shape index (κ1) is 22.6. The summed E-state index contributed by atoms with van der Waals surface area (Å²) in [4.78, 5) is 17.6. The molecule has 0 aliphatic heterocycles. The molecule has 0 aromatic heterocycles. The molecule has 152 valence electrons. The lowest BCUT2D eigenvalue weighted by Crippen LogP contribution is -2.39. The highest BCUT2D eigenvalue weighted by molar-refractivity contribution is 5.84. The van der Waals surface area contributed by atoms with Crippen LogP contribution in [0.15, 0.2) is 23.2 Å². The monoisotopic (exact) mass is 378 g/mol. The maximum atomic E-state index is 11.7. The lowest BCUT2D eigenvalue weighted by molar-refractivity contribution is -0.127. The van der Waals surface area contributed by atoms with E-state index in [4.69, 9.17) is 9.47 Å². The van der Waals surface area contributed by atoms with E-state index in [2.05, 4.69) is 22.5 Å². The summed E-state index contributed by atoms with van der Waals surface area (Å²) >= 11 is 0. The van der Waals surface area contributed by atoms with E-state index in [1.165, 1.54) is 4.90 Å². The quantitative estimate of drug-likeness (QED) is 0.455. The van der Waals surface area contributed by atoms with E-state index in [1.54, 1.807) is 14.1 Å². The van der Waals surface area contributed by atoms with Crippen LogP contribution >= 0.6 is 0 Å². The lowest BCUT2D eigenvalue weighted by Gasteiger charge is -2.14. The number of amides is 1. The van der Waals surface area contributed by atoms with E-state index in [9.17, 15) is 4.79 Å². The summed E-state index contributed by atoms with van der Waals surface area (Å²) in [6, 6.07) is 6.01. The van der Waals surface area contributed by atoms with Crippen LogP contribution in [0.4, 0.5) is 0 Å². The normalized spacial score (nSPS) is 11.1. The third-order valence-corrected chi connectivity index (χ3v) is 3.73. The minimum Gasteiger partial charge on any atom is -0.490 e. The highest BCUT2D eigenvalue weighted by atomic mass is 16.5. The molecule has 0 fully saturated rings. The minimum absolute atomic E-state index is 0.0273. The van der Waals surface area contributed by atoms with Gasteiger partial charge in [-0.1, -0.05) is 13.0 Å². The summed E-state index contributed by atoms with van der Waals surface area (Å²) in [6.45, 7) is 8.84. The fraction of sp³-hybridized carbons (Fsp3) is 0.600. The molecule has 27 heavy (non-hydrogen) atoms. The van der Waals surface area contributed by atoms with E-state index in [0.29, 0.717) is 25.7 Å². The second kappa shape index (κ2) is 12.8. The van der Waals surface area contributed by atoms with Gasteiger partial charge in [0.1, 0.15) is 6.54 Å². The van der Waals surface area contributed by atoms with Crippen molar-refractivity contribution in [1.82, 2.24) is 15.5 Å². The second-order valence-corrected chi connectivity index (χ2v) is 6.20. The zero-order chi connectivity index (χ0) is 20.1. The summed E-state index contributed by atoms with van der Waals surface area (Å²) in [5.74, 6) is 2.17. The Balaban J connectivity index is 2.66. The first-order valence-electron chi connectivity index (χ1n) is 9.62. The number of hydrogen-bond donors (Lipinski definition) is 2. The van der Waals surface area contributed by atoms with Gasteiger partial charge in [-0.05, 0) is 44.4 Å². The molecule has 1 aromatic carbocycles. The van der Waals surface area contributed by atoms with Crippen molar-refractivity contribution in [2.75, 3.05) is 46.9 Å². The molecule has 0 atom stereocenters. The van der Waals surface area contributed by atoms with Crippen molar-refractivity contribution in [1.29, 1.82) is 0 Å². The molecule has 0 saturated heterocycles. The molecule has 0 unspecified atom stereocenters. The number of nitrogens with zero attached hydrogens (tertiary/aromatic N) is 2. The maximum absolute atomic E-state index is 11.7. The Kier molecular flexibility index (Phi) is 10.7. The number of likely N-dealkylation sites (N-methyl/N-ethyl adjacent to an activating group) is 1. The highest BCUT2D eigenvalue weighted by Crippen LogP contribution is 2.28. The molecule has 7 heteroatoms. The number of benzene rings is 1. The van der Waals surface area contributed by atoms with Gasteiger partial charge in [-0.25, -0.2) is 4.99 Å². The summed E-state index contributed by atoms with van der Waals surface area (Å²) < 4.78 is 11.3. The van der Waals surface area contributed by atoms with Crippen molar-refractivity contribution in [2.24, 2.45) is 4.99 Å². The Morgan fingerprint density at radius 1 is 1.04 bits per heavy atom. The first-order chi connectivity index (χ1) is 13.0. The molecule has 0 radical (unpaired) electrons. The van der Waals surface area contributed by atoms with Crippen molar-refractivity contribution in [3.63, 3.8) is 0 Å². The van der Waals surface area contributed by atoms with Gasteiger partial charge in [-0.2, -0.15) is 0 Å². The van der Waals surface area contributed by atoms with Gasteiger partial charge in [-0.3, -0.25) is 4.79 Å². The Bertz CT molecular complexity index is 603. The molecule has 1 rings (SSSR count). The SMILES string of the molecule is CCCNC(=NCC(=O)N(C)C)NCCc1ccc(OCC)c(OCC)c1. The van der Waals surface area contributed by atoms with Gasteiger partial charge in [0.25, 0.3) is 0 Å². The van der Waals surface area contributed by atoms with Gasteiger partial charge >= 0.3 is 0 Å². The standard InChI is InChI=1S/C20H34N4O3/c1-6-12-21-20(23-15-19(25)24(4)5)22-13-11-16-9-10-17(26-7-2)18(14-16)27-8-3/h9-10,14H,6-8,11-13,15H2,1-5H3,(H2,21,22,23). The Morgan fingerprint density at radius 2 is 1.70 bits per heavy atom. The van der Waals surface area contributed by atoms with Gasteiger partial charge in [0.2, 0.25) is 5.91 Å². The molecule has 0 saturated carbocycles. The molecule has 0 aliphatic rings. The van der Waals surface area contributed by atoms with Crippen LogP contribution in [-0.4, -0.2) is 63.7 Å². The van der Waals surface area contributed by atoms with Crippen LogP contribution < -0.4 is 20.1 Å². The van der Waals surface area contributed by atoms with Crippen molar-refractivity contribution >= 4 is 11.9 Å². The fourth-order valence-corrected chi connectivity index (χ4v) is 2.28. The van der Waals surface area contributed by atoms with Gasteiger partial charge in [0.15, 0.2) is 17.5 Å². The molecule has 2 N–H and O–H groups in total. The van der Waals surface area contributed by atoms with Gasteiger partial charge in [0, 0.05) is 27.2 Å². The number of ether oxygens (including phenoxy) is 2. The van der Waals surface area contributed by atoms with E-state index in [-0.39, 0.29) is 12.5 Å². The van der Waals surface area contributed by atoms with E-state index in [0.717, 1.165) is 36.4 Å². The average molecular weight is 379 g/mol. The van der Waals surface area contributed by atoms with Crippen molar-refractivity contribution in [2.45, 2.75) is 33.6 Å². The fourth-order valence-electron chi connectivity index (χ4n) is 2.28. The molecular weight excluding hydrogens is 344 g/mol. The number of nitrogens with one attached hydrogen (secondary N) is 2. The highest BCUT2D eigenvalue weighted by Gasteiger charge is 2.07. The summed E-state index contributed by atoms with van der Waals surface area (Å²) in [5.41, 5.74) is 1.15. The number of guanidine groups is 1. The number of aliphatic imine (C=N–C) groups is 1. The zero-order valence-electron chi connectivity index (χ0n) is 17.3. The van der Waals surface area contributed by atoms with Crippen LogP contribution in [0.1, 0.15) is 32.8 Å². The van der Waals surface area contributed by atoms with E-state index < -0.39 is 0 Å². The van der Waals surface area contributed by atoms with Crippen molar-refractivity contribution in [3.05, 3.63) is 23.8 Å². The maximum Gasteiger partial charge on any atom is 0.243 e. The Labute approximate surface area is 163 Å². The zero-order valence-corrected chi connectivity index (χ0v) is 17.3. The van der Waals surface area contributed by atoms with Crippen molar-refractivity contribution in [3.8, 4) is 11.5 Å². The Hall–Kier alpha value is -2.44. The summed E-state index contributed by atoms with van der Waals surface area (Å²) in [5, 5.41) is 6.52. The molecule has 0 heterocycles. The Morgan fingerprint density at radius 3 is 2.33 bits per heavy atom. The first-order valence-corrected chi connectivity index (χ1v) is 9.62. The third kappa shape index (κ3) is 8.66. The van der Waals surface area contributed by atoms with Gasteiger partial charge in [-0.15, -0.1) is 0 Å². The average Bonchev–Trinajstić information content (AvgIpc) is 2.65. The molecule has 0 bridgehead atoms. The summed E-state index contributed by atoms with van der Waals surface area (Å²) in [7, 11) is 3.46. The van der Waals surface area contributed by atoms with Crippen LogP contribution in [0, 0.1) is 0 Å². The molecule has 1 aromatic rings.